The molecule has 0 radical (unpaired) electrons. The molecule has 1 N–H and O–H groups in total. The van der Waals surface area contributed by atoms with Crippen molar-refractivity contribution in [3.05, 3.63) is 59.1 Å². The Balaban J connectivity index is 1.85. The van der Waals surface area contributed by atoms with E-state index in [1.165, 1.54) is 0 Å². The number of hydrogen-bond acceptors (Lipinski definition) is 4. The molecule has 6 heteroatoms. The van der Waals surface area contributed by atoms with E-state index in [1.807, 2.05) is 31.2 Å². The summed E-state index contributed by atoms with van der Waals surface area (Å²) in [5.74, 6) is 0.492. The normalized spacial score (nSPS) is 12.0. The third-order valence-electron chi connectivity index (χ3n) is 3.07. The number of carbonyl (C=O) groups is 1. The molecule has 126 valence electrons. The summed E-state index contributed by atoms with van der Waals surface area (Å²) < 4.78 is 5.36. The number of rotatable bonds is 7. The van der Waals surface area contributed by atoms with E-state index in [0.717, 1.165) is 11.3 Å². The third-order valence-corrected chi connectivity index (χ3v) is 3.31. The van der Waals surface area contributed by atoms with Gasteiger partial charge in [0.05, 0.1) is 12.8 Å². The molecule has 0 saturated carbocycles. The van der Waals surface area contributed by atoms with E-state index in [-0.39, 0.29) is 5.91 Å². The minimum Gasteiger partial charge on any atom is -0.494 e. The predicted molar refractivity (Wildman–Crippen MR) is 95.8 cm³/mol. The van der Waals surface area contributed by atoms with Gasteiger partial charge in [0.15, 0.2) is 0 Å². The highest BCUT2D eigenvalue weighted by Gasteiger charge is 2.14. The molecule has 1 amide bonds. The number of carbonyl (C=O) groups excluding carboxylic acids is 1. The summed E-state index contributed by atoms with van der Waals surface area (Å²) >= 11 is 5.88. The van der Waals surface area contributed by atoms with Gasteiger partial charge in [0.1, 0.15) is 5.75 Å². The molecule has 0 bridgehead atoms. The second kappa shape index (κ2) is 8.93. The lowest BCUT2D eigenvalue weighted by Crippen LogP contribution is -2.26. The summed E-state index contributed by atoms with van der Waals surface area (Å²) in [5, 5.41) is 7.11. The second-order valence-corrected chi connectivity index (χ2v) is 5.42. The van der Waals surface area contributed by atoms with Crippen molar-refractivity contribution in [3.8, 4) is 5.75 Å². The zero-order chi connectivity index (χ0) is 17.4. The Morgan fingerprint density at radius 3 is 2.71 bits per heavy atom. The number of anilines is 1. The van der Waals surface area contributed by atoms with Gasteiger partial charge in [-0.05, 0) is 61.9 Å². The number of nitrogens with zero attached hydrogens (tertiary/aromatic N) is 1. The van der Waals surface area contributed by atoms with Crippen LogP contribution in [0.5, 0.6) is 5.75 Å². The Morgan fingerprint density at radius 1 is 1.29 bits per heavy atom. The number of ether oxygens (including phenoxy) is 1. The molecule has 0 heterocycles. The number of amides is 1. The van der Waals surface area contributed by atoms with E-state index in [2.05, 4.69) is 10.5 Å². The minimum absolute atomic E-state index is 0.305. The maximum Gasteiger partial charge on any atom is 0.267 e. The average molecular weight is 347 g/mol. The maximum atomic E-state index is 12.0. The van der Waals surface area contributed by atoms with Crippen LogP contribution in [-0.4, -0.2) is 24.8 Å². The highest BCUT2D eigenvalue weighted by molar-refractivity contribution is 6.30. The molecule has 0 saturated heterocycles. The smallest absolute Gasteiger partial charge is 0.267 e. The lowest BCUT2D eigenvalue weighted by molar-refractivity contribution is -0.126. The molecular weight excluding hydrogens is 328 g/mol. The van der Waals surface area contributed by atoms with Crippen LogP contribution in [0, 0.1) is 0 Å². The highest BCUT2D eigenvalue weighted by Crippen LogP contribution is 2.15. The Kier molecular flexibility index (Phi) is 6.63. The predicted octanol–water partition coefficient (Wildman–Crippen LogP) is 4.12. The first-order valence-electron chi connectivity index (χ1n) is 7.57. The topological polar surface area (TPSA) is 59.9 Å². The monoisotopic (exact) mass is 346 g/mol. The first kappa shape index (κ1) is 17.8. The highest BCUT2D eigenvalue weighted by atomic mass is 35.5. The molecule has 0 aliphatic heterocycles. The van der Waals surface area contributed by atoms with Crippen molar-refractivity contribution < 1.29 is 14.4 Å². The van der Waals surface area contributed by atoms with Crippen LogP contribution in [-0.2, 0) is 9.63 Å². The van der Waals surface area contributed by atoms with Gasteiger partial charge in [-0.15, -0.1) is 0 Å². The number of benzene rings is 2. The van der Waals surface area contributed by atoms with Crippen LogP contribution in [0.25, 0.3) is 0 Å². The summed E-state index contributed by atoms with van der Waals surface area (Å²) in [6.45, 7) is 4.17. The summed E-state index contributed by atoms with van der Waals surface area (Å²) in [6, 6.07) is 14.3. The lowest BCUT2D eigenvalue weighted by Gasteiger charge is -2.10. The third kappa shape index (κ3) is 5.59. The van der Waals surface area contributed by atoms with Crippen LogP contribution in [0.2, 0.25) is 5.02 Å². The molecule has 2 aromatic rings. The van der Waals surface area contributed by atoms with Crippen molar-refractivity contribution in [2.45, 2.75) is 20.0 Å². The number of hydrogen-bond donors (Lipinski definition) is 1. The lowest BCUT2D eigenvalue weighted by atomic mass is 10.2. The fourth-order valence-corrected chi connectivity index (χ4v) is 2.05. The minimum atomic E-state index is -0.733. The van der Waals surface area contributed by atoms with Crippen molar-refractivity contribution in [2.24, 2.45) is 5.16 Å². The largest absolute Gasteiger partial charge is 0.494 e. The van der Waals surface area contributed by atoms with E-state index in [4.69, 9.17) is 21.2 Å². The Bertz CT molecular complexity index is 702. The summed E-state index contributed by atoms with van der Waals surface area (Å²) in [7, 11) is 0. The molecule has 0 unspecified atom stereocenters. The molecule has 2 rings (SSSR count). The number of nitrogens with one attached hydrogen (secondary N) is 1. The van der Waals surface area contributed by atoms with Gasteiger partial charge in [-0.3, -0.25) is 4.79 Å². The van der Waals surface area contributed by atoms with Crippen LogP contribution in [0.15, 0.2) is 53.7 Å². The SMILES string of the molecule is CCOc1ccc(/C=N\O[C@@H](C)C(=O)Nc2cccc(Cl)c2)cc1. The average Bonchev–Trinajstić information content (AvgIpc) is 2.56. The van der Waals surface area contributed by atoms with Crippen molar-refractivity contribution in [1.82, 2.24) is 0 Å². The van der Waals surface area contributed by atoms with Gasteiger partial charge in [0.2, 0.25) is 6.10 Å². The fraction of sp³-hybridized carbons (Fsp3) is 0.222. The second-order valence-electron chi connectivity index (χ2n) is 4.98. The van der Waals surface area contributed by atoms with E-state index < -0.39 is 6.10 Å². The standard InChI is InChI=1S/C18H19ClN2O3/c1-3-23-17-9-7-14(8-10-17)12-20-24-13(2)18(22)21-16-6-4-5-15(19)11-16/h4-13H,3H2,1-2H3,(H,21,22)/b20-12-/t13-/m0/s1. The number of halogens is 1. The molecule has 0 aliphatic rings. The molecule has 2 aromatic carbocycles. The van der Waals surface area contributed by atoms with E-state index in [9.17, 15) is 4.79 Å². The summed E-state index contributed by atoms with van der Waals surface area (Å²) in [6.07, 6.45) is 0.807. The van der Waals surface area contributed by atoms with Gasteiger partial charge in [-0.1, -0.05) is 22.8 Å². The van der Waals surface area contributed by atoms with Gasteiger partial charge in [-0.25, -0.2) is 0 Å². The molecule has 0 aromatic heterocycles. The summed E-state index contributed by atoms with van der Waals surface area (Å²) in [5.41, 5.74) is 1.46. The van der Waals surface area contributed by atoms with E-state index in [0.29, 0.717) is 17.3 Å². The Morgan fingerprint density at radius 2 is 2.04 bits per heavy atom. The Labute approximate surface area is 146 Å². The summed E-state index contributed by atoms with van der Waals surface area (Å²) in [4.78, 5) is 17.2. The first-order valence-corrected chi connectivity index (χ1v) is 7.94. The van der Waals surface area contributed by atoms with Gasteiger partial charge in [-0.2, -0.15) is 0 Å². The van der Waals surface area contributed by atoms with Crippen LogP contribution >= 0.6 is 11.6 Å². The van der Waals surface area contributed by atoms with Crippen molar-refractivity contribution in [1.29, 1.82) is 0 Å². The fourth-order valence-electron chi connectivity index (χ4n) is 1.86. The van der Waals surface area contributed by atoms with Crippen LogP contribution in [0.3, 0.4) is 0 Å². The van der Waals surface area contributed by atoms with Gasteiger partial charge >= 0.3 is 0 Å². The molecule has 0 spiro atoms. The number of oxime groups is 1. The molecule has 5 nitrogen and oxygen atoms in total. The van der Waals surface area contributed by atoms with Crippen molar-refractivity contribution in [2.75, 3.05) is 11.9 Å². The van der Waals surface area contributed by atoms with E-state index in [1.54, 1.807) is 37.4 Å². The molecule has 1 atom stereocenters. The first-order chi connectivity index (χ1) is 11.6. The van der Waals surface area contributed by atoms with Crippen LogP contribution < -0.4 is 10.1 Å². The Hall–Kier alpha value is -2.53. The van der Waals surface area contributed by atoms with Crippen LogP contribution in [0.1, 0.15) is 19.4 Å². The van der Waals surface area contributed by atoms with Gasteiger partial charge < -0.3 is 14.9 Å². The molecule has 0 aliphatic carbocycles. The molecular formula is C18H19ClN2O3. The van der Waals surface area contributed by atoms with E-state index >= 15 is 0 Å². The molecule has 0 fully saturated rings. The zero-order valence-corrected chi connectivity index (χ0v) is 14.3. The molecule has 24 heavy (non-hydrogen) atoms. The van der Waals surface area contributed by atoms with Crippen molar-refractivity contribution >= 4 is 29.4 Å². The van der Waals surface area contributed by atoms with Crippen LogP contribution in [0.4, 0.5) is 5.69 Å². The van der Waals surface area contributed by atoms with Gasteiger partial charge in [0.25, 0.3) is 5.91 Å². The maximum absolute atomic E-state index is 12.0. The zero-order valence-electron chi connectivity index (χ0n) is 13.5. The van der Waals surface area contributed by atoms with Gasteiger partial charge in [0, 0.05) is 10.7 Å². The van der Waals surface area contributed by atoms with Crippen molar-refractivity contribution in [3.63, 3.8) is 0 Å². The quantitative estimate of drug-likeness (QED) is 0.606.